The van der Waals surface area contributed by atoms with Gasteiger partial charge in [0, 0.05) is 0 Å². The minimum atomic E-state index is -2.61. The van der Waals surface area contributed by atoms with Crippen LogP contribution in [-0.2, 0) is 15.1 Å². The van der Waals surface area contributed by atoms with Crippen molar-refractivity contribution in [2.24, 2.45) is 10.8 Å². The van der Waals surface area contributed by atoms with E-state index in [0.717, 1.165) is 36.8 Å². The van der Waals surface area contributed by atoms with Crippen LogP contribution in [0.15, 0.2) is 18.2 Å². The Hall–Kier alpha value is -0.440. The van der Waals surface area contributed by atoms with Gasteiger partial charge >= 0.3 is 17.2 Å². The summed E-state index contributed by atoms with van der Waals surface area (Å²) in [5.41, 5.74) is -1.28. The Morgan fingerprint density at radius 3 is 0.907 bits per heavy atom. The second-order valence-corrected chi connectivity index (χ2v) is 25.7. The molecule has 448 valence electrons. The molecule has 15 heteroatoms. The van der Waals surface area contributed by atoms with Gasteiger partial charge in [0.15, 0.2) is 0 Å². The predicted octanol–water partition coefficient (Wildman–Crippen LogP) is 13.7. The summed E-state index contributed by atoms with van der Waals surface area (Å²) < 4.78 is 3.60. The van der Waals surface area contributed by atoms with E-state index in [9.17, 15) is 40.9 Å². The summed E-state index contributed by atoms with van der Waals surface area (Å²) in [7, 11) is -5.22. The maximum Gasteiger partial charge on any atom is 0.334 e. The van der Waals surface area contributed by atoms with Crippen molar-refractivity contribution in [2.75, 3.05) is 39.6 Å². The minimum Gasteiger partial charge on any atom is -0.395 e. The first-order chi connectivity index (χ1) is 35.6. The Bertz CT molecular complexity index is 1360. The highest BCUT2D eigenvalue weighted by Crippen LogP contribution is 2.43. The van der Waals surface area contributed by atoms with Crippen molar-refractivity contribution < 1.29 is 64.7 Å². The highest BCUT2D eigenvalue weighted by molar-refractivity contribution is 7.53. The first-order valence-corrected chi connectivity index (χ1v) is 32.2. The summed E-state index contributed by atoms with van der Waals surface area (Å²) in [6.45, 7) is 14.5. The van der Waals surface area contributed by atoms with Gasteiger partial charge in [-0.1, -0.05) is 279 Å². The molecule has 12 N–H and O–H groups in total. The number of hydrogen-bond donors (Lipinski definition) is 12. The molecule has 1 atom stereocenters. The summed E-state index contributed by atoms with van der Waals surface area (Å²) in [6, 6.07) is 5.89. The number of hydrogen-bond acceptors (Lipinski definition) is 13. The molecule has 0 amide bonds. The maximum atomic E-state index is 11.7. The smallest absolute Gasteiger partial charge is 0.334 e. The van der Waals surface area contributed by atoms with Gasteiger partial charge in [0.2, 0.25) is 0 Å². The normalized spacial score (nSPS) is 13.0. The van der Waals surface area contributed by atoms with Crippen molar-refractivity contribution in [1.29, 1.82) is 0 Å². The summed E-state index contributed by atoms with van der Waals surface area (Å²) in [5, 5.41) is 81.6. The van der Waals surface area contributed by atoms with Gasteiger partial charge < -0.3 is 60.4 Å². The van der Waals surface area contributed by atoms with Crippen LogP contribution in [0, 0.1) is 10.8 Å². The van der Waals surface area contributed by atoms with Crippen molar-refractivity contribution in [3.63, 3.8) is 0 Å². The summed E-state index contributed by atoms with van der Waals surface area (Å²) in [5.74, 6) is 0. The third-order valence-electron chi connectivity index (χ3n) is 15.5. The highest BCUT2D eigenvalue weighted by Gasteiger charge is 2.48. The first kappa shape index (κ1) is 76.6. The van der Waals surface area contributed by atoms with Crippen LogP contribution in [-0.4, -0.2) is 106 Å². The fraction of sp³-hybridized carbons (Fsp3) is 0.900. The Morgan fingerprint density at radius 1 is 0.413 bits per heavy atom. The average Bonchev–Trinajstić information content (AvgIpc) is 3.36. The molecule has 0 radical (unpaired) electrons. The molecule has 1 unspecified atom stereocenters. The molecule has 0 aliphatic heterocycles. The third-order valence-corrected chi connectivity index (χ3v) is 16.6. The lowest BCUT2D eigenvalue weighted by Crippen LogP contribution is -2.55. The second-order valence-electron chi connectivity index (χ2n) is 24.0. The van der Waals surface area contributed by atoms with Crippen LogP contribution >= 0.6 is 17.2 Å². The third kappa shape index (κ3) is 35.1. The van der Waals surface area contributed by atoms with E-state index in [0.29, 0.717) is 18.4 Å². The van der Waals surface area contributed by atoms with Crippen LogP contribution in [0.3, 0.4) is 0 Å². The quantitative estimate of drug-likeness (QED) is 0.0215. The fourth-order valence-electron chi connectivity index (χ4n) is 9.89. The van der Waals surface area contributed by atoms with Gasteiger partial charge in [0.25, 0.3) is 0 Å². The number of benzene rings is 1. The summed E-state index contributed by atoms with van der Waals surface area (Å²) in [4.78, 5) is 31.3. The van der Waals surface area contributed by atoms with E-state index in [1.54, 1.807) is 0 Å². The molecule has 0 fully saturated rings. The lowest BCUT2D eigenvalue weighted by atomic mass is 9.68. The van der Waals surface area contributed by atoms with Crippen LogP contribution in [0.25, 0.3) is 0 Å². The molecule has 75 heavy (non-hydrogen) atoms. The SMILES string of the molecule is CC(C)(C)c1ccc(C(O)C(CO)(CO)CO)c(C(C)(C)C)c1.CCCCCCCCCCCCCCCCCCC(O)(CCCCCCCCCCCCCCCCCC)C(CO)(CO)CO.OP(O)OP(O)O. The molecule has 0 saturated carbocycles. The van der Waals surface area contributed by atoms with Gasteiger partial charge in [-0.15, -0.1) is 0 Å². The zero-order valence-corrected chi connectivity index (χ0v) is 51.1. The van der Waals surface area contributed by atoms with Crippen molar-refractivity contribution in [1.82, 2.24) is 0 Å². The fourth-order valence-corrected chi connectivity index (χ4v) is 10.4. The van der Waals surface area contributed by atoms with E-state index in [4.69, 9.17) is 19.6 Å². The van der Waals surface area contributed by atoms with E-state index in [-0.39, 0.29) is 30.7 Å². The average molecular weight is 1110 g/mol. The van der Waals surface area contributed by atoms with Gasteiger partial charge in [0.1, 0.15) is 0 Å². The molecule has 1 rings (SSSR count). The molecule has 0 aromatic heterocycles. The molecule has 13 nitrogen and oxygen atoms in total. The van der Waals surface area contributed by atoms with Gasteiger partial charge in [-0.25, -0.2) is 4.31 Å². The van der Waals surface area contributed by atoms with Gasteiger partial charge in [-0.05, 0) is 40.4 Å². The van der Waals surface area contributed by atoms with Crippen molar-refractivity contribution >= 4 is 17.2 Å². The summed E-state index contributed by atoms with van der Waals surface area (Å²) in [6.07, 6.45) is 41.9. The van der Waals surface area contributed by atoms with E-state index in [1.807, 2.05) is 12.1 Å². The minimum absolute atomic E-state index is 0.0223. The van der Waals surface area contributed by atoms with Gasteiger partial charge in [-0.2, -0.15) is 0 Å². The standard InChI is InChI=1S/C41H84O4.C19H32O4.H4O5P2/c1-3-5-7-9-11-13-15-17-19-21-23-25-27-29-31-33-35-41(45,40(37-42,38-43)39-44)36-34-32-30-28-26-24-22-20-18-16-14-12-10-8-6-4-2;1-17(2,3)13-7-8-14(15(9-13)18(4,5)6)16(23)19(10-20,11-21)12-22;1-6(2)5-7(3)4/h42-45H,3-39H2,1-2H3;7-9,16,20-23H,10-12H2,1-6H3;1-4H. The number of aliphatic hydroxyl groups is 8. The molecule has 1 aromatic rings. The van der Waals surface area contributed by atoms with Crippen molar-refractivity contribution in [2.45, 2.75) is 296 Å². The van der Waals surface area contributed by atoms with Crippen LogP contribution in [0.4, 0.5) is 0 Å². The highest BCUT2D eigenvalue weighted by atomic mass is 31.2. The Balaban J connectivity index is 0. The number of unbranched alkanes of at least 4 members (excludes halogenated alkanes) is 30. The molecule has 0 aliphatic carbocycles. The monoisotopic (exact) mass is 1110 g/mol. The molecular weight excluding hydrogens is 991 g/mol. The zero-order valence-electron chi connectivity index (χ0n) is 49.3. The van der Waals surface area contributed by atoms with Crippen molar-refractivity contribution in [3.8, 4) is 0 Å². The molecule has 0 saturated heterocycles. The largest absolute Gasteiger partial charge is 0.395 e. The lowest BCUT2D eigenvalue weighted by molar-refractivity contribution is -0.162. The van der Waals surface area contributed by atoms with Crippen LogP contribution in [0.2, 0.25) is 0 Å². The van der Waals surface area contributed by atoms with Crippen molar-refractivity contribution in [3.05, 3.63) is 34.9 Å². The Labute approximate surface area is 461 Å². The topological polar surface area (TPSA) is 252 Å². The molecule has 0 bridgehead atoms. The first-order valence-electron chi connectivity index (χ1n) is 29.9. The van der Waals surface area contributed by atoms with Crippen LogP contribution in [0.5, 0.6) is 0 Å². The molecule has 0 heterocycles. The zero-order chi connectivity index (χ0) is 57.1. The molecule has 0 aliphatic rings. The maximum absolute atomic E-state index is 11.7. The predicted molar refractivity (Wildman–Crippen MR) is 313 cm³/mol. The number of rotatable bonds is 45. The second kappa shape index (κ2) is 46.2. The lowest BCUT2D eigenvalue weighted by Gasteiger charge is -2.44. The van der Waals surface area contributed by atoms with Gasteiger partial charge in [0.05, 0.1) is 62.2 Å². The van der Waals surface area contributed by atoms with Crippen LogP contribution in [0.1, 0.15) is 296 Å². The van der Waals surface area contributed by atoms with E-state index < -0.39 is 59.6 Å². The van der Waals surface area contributed by atoms with Gasteiger partial charge in [-0.3, -0.25) is 0 Å². The molecule has 1 aromatic carbocycles. The van der Waals surface area contributed by atoms with Crippen LogP contribution < -0.4 is 0 Å². The number of aliphatic hydroxyl groups excluding tert-OH is 7. The molecule has 0 spiro atoms. The Morgan fingerprint density at radius 2 is 0.693 bits per heavy atom. The summed E-state index contributed by atoms with van der Waals surface area (Å²) >= 11 is 0. The van der Waals surface area contributed by atoms with E-state index >= 15 is 0 Å². The van der Waals surface area contributed by atoms with E-state index in [1.165, 1.54) is 180 Å². The van der Waals surface area contributed by atoms with E-state index in [2.05, 4.69) is 65.8 Å². The Kier molecular flexibility index (Phi) is 47.2. The molecular formula is C60H120O13P2.